The third-order valence-corrected chi connectivity index (χ3v) is 12.9. The maximum Gasteiger partial charge on any atom is 0.174 e. The van der Waals surface area contributed by atoms with E-state index in [2.05, 4.69) is 126 Å². The van der Waals surface area contributed by atoms with Crippen molar-refractivity contribution in [3.63, 3.8) is 0 Å². The van der Waals surface area contributed by atoms with E-state index < -0.39 is 7.14 Å². The Bertz CT molecular complexity index is 2740. The molecule has 8 aromatic carbocycles. The number of nitrogens with zero attached hydrogens (tertiary/aromatic N) is 1. The smallest absolute Gasteiger partial charge is 0.174 e. The molecule has 0 spiro atoms. The molecule has 2 heterocycles. The van der Waals surface area contributed by atoms with E-state index in [1.54, 1.807) is 0 Å². The zero-order valence-electron chi connectivity index (χ0n) is 24.3. The molecular weight excluding hydrogens is 565 g/mol. The Balaban J connectivity index is 1.36. The minimum Gasteiger partial charge on any atom is -0.309 e. The van der Waals surface area contributed by atoms with Gasteiger partial charge < -0.3 is 9.13 Å². The summed E-state index contributed by atoms with van der Waals surface area (Å²) < 4.78 is 18.2. The Morgan fingerprint density at radius 2 is 1.09 bits per heavy atom. The Morgan fingerprint density at radius 3 is 1.96 bits per heavy atom. The Hall–Kier alpha value is -5.43. The highest BCUT2D eigenvalue weighted by molar-refractivity contribution is 7.86. The van der Waals surface area contributed by atoms with Gasteiger partial charge in [-0.3, -0.25) is 0 Å². The van der Waals surface area contributed by atoms with Crippen LogP contribution >= 0.6 is 7.14 Å². The first-order valence-corrected chi connectivity index (χ1v) is 17.1. The summed E-state index contributed by atoms with van der Waals surface area (Å²) in [6, 6.07) is 55.7. The molecule has 210 valence electrons. The largest absolute Gasteiger partial charge is 0.309 e. The van der Waals surface area contributed by atoms with Gasteiger partial charge in [0.15, 0.2) is 7.14 Å². The third-order valence-electron chi connectivity index (χ3n) is 9.76. The second kappa shape index (κ2) is 9.05. The third kappa shape index (κ3) is 3.27. The molecule has 0 fully saturated rings. The maximum absolute atomic E-state index is 15.8. The highest BCUT2D eigenvalue weighted by Gasteiger charge is 2.42. The Kier molecular flexibility index (Phi) is 5.02. The average molecular weight is 592 g/mol. The quantitative estimate of drug-likeness (QED) is 0.145. The fourth-order valence-corrected chi connectivity index (χ4v) is 11.0. The minimum absolute atomic E-state index is 0.872. The summed E-state index contributed by atoms with van der Waals surface area (Å²) in [6.07, 6.45) is 0. The van der Waals surface area contributed by atoms with Crippen molar-refractivity contribution in [2.45, 2.75) is 0 Å². The highest BCUT2D eigenvalue weighted by atomic mass is 31.2. The number of hydrogen-bond donors (Lipinski definition) is 0. The summed E-state index contributed by atoms with van der Waals surface area (Å²) in [6.45, 7) is 0. The van der Waals surface area contributed by atoms with Crippen molar-refractivity contribution >= 4 is 77.2 Å². The SMILES string of the molecule is O=P1(c2ccccc2)c2ccccc2-c2ccc3c4ccccc4n(-c4ccc5ccc6c7ccccc7ccc6c5c4)c3c21. The van der Waals surface area contributed by atoms with Gasteiger partial charge >= 0.3 is 0 Å². The lowest BCUT2D eigenvalue weighted by Gasteiger charge is -2.19. The zero-order chi connectivity index (χ0) is 29.7. The van der Waals surface area contributed by atoms with Gasteiger partial charge in [0.05, 0.1) is 16.3 Å². The minimum atomic E-state index is -3.19. The van der Waals surface area contributed by atoms with Gasteiger partial charge in [-0.05, 0) is 61.6 Å². The van der Waals surface area contributed by atoms with Gasteiger partial charge in [-0.2, -0.15) is 0 Å². The van der Waals surface area contributed by atoms with Gasteiger partial charge in [0.1, 0.15) is 0 Å². The molecule has 0 N–H and O–H groups in total. The van der Waals surface area contributed by atoms with Gasteiger partial charge in [0.25, 0.3) is 0 Å². The number of rotatable bonds is 2. The van der Waals surface area contributed by atoms with Crippen molar-refractivity contribution in [3.05, 3.63) is 158 Å². The maximum atomic E-state index is 15.8. The number of hydrogen-bond acceptors (Lipinski definition) is 1. The Morgan fingerprint density at radius 1 is 0.444 bits per heavy atom. The van der Waals surface area contributed by atoms with Crippen LogP contribution < -0.4 is 15.9 Å². The van der Waals surface area contributed by atoms with Crippen LogP contribution in [0.3, 0.4) is 0 Å². The summed E-state index contributed by atoms with van der Waals surface area (Å²) in [5.74, 6) is 0. The van der Waals surface area contributed by atoms with E-state index in [1.165, 1.54) is 32.3 Å². The second-order valence-electron chi connectivity index (χ2n) is 12.0. The van der Waals surface area contributed by atoms with Crippen LogP contribution in [-0.2, 0) is 4.57 Å². The average Bonchev–Trinajstić information content (AvgIpc) is 3.58. The molecule has 1 aliphatic heterocycles. The van der Waals surface area contributed by atoms with E-state index >= 15 is 4.57 Å². The number of aromatic nitrogens is 1. The molecular formula is C42H26NOP. The molecule has 1 atom stereocenters. The number of para-hydroxylation sites is 1. The summed E-state index contributed by atoms with van der Waals surface area (Å²) in [7, 11) is -3.19. The highest BCUT2D eigenvalue weighted by Crippen LogP contribution is 2.55. The molecule has 0 radical (unpaired) electrons. The molecule has 2 nitrogen and oxygen atoms in total. The van der Waals surface area contributed by atoms with Gasteiger partial charge in [0.2, 0.25) is 0 Å². The van der Waals surface area contributed by atoms with Crippen molar-refractivity contribution in [2.75, 3.05) is 0 Å². The van der Waals surface area contributed by atoms with Crippen LogP contribution in [-0.4, -0.2) is 4.57 Å². The molecule has 0 bridgehead atoms. The van der Waals surface area contributed by atoms with Gasteiger partial charge in [-0.25, -0.2) is 0 Å². The van der Waals surface area contributed by atoms with Crippen LogP contribution in [0, 0.1) is 0 Å². The molecule has 1 aliphatic rings. The normalized spacial score (nSPS) is 15.7. The summed E-state index contributed by atoms with van der Waals surface area (Å²) in [4.78, 5) is 0. The molecule has 0 saturated carbocycles. The van der Waals surface area contributed by atoms with Crippen LogP contribution in [0.4, 0.5) is 0 Å². The lowest BCUT2D eigenvalue weighted by Crippen LogP contribution is -2.22. The van der Waals surface area contributed by atoms with Crippen molar-refractivity contribution in [1.29, 1.82) is 0 Å². The van der Waals surface area contributed by atoms with Crippen molar-refractivity contribution in [3.8, 4) is 16.8 Å². The van der Waals surface area contributed by atoms with Crippen LogP contribution in [0.5, 0.6) is 0 Å². The molecule has 45 heavy (non-hydrogen) atoms. The summed E-state index contributed by atoms with van der Waals surface area (Å²) in [5, 5.41) is 12.4. The van der Waals surface area contributed by atoms with Crippen LogP contribution in [0.25, 0.3) is 70.9 Å². The first-order valence-electron chi connectivity index (χ1n) is 15.4. The Labute approximate surface area is 260 Å². The lowest BCUT2D eigenvalue weighted by molar-refractivity contribution is 0.593. The fourth-order valence-electron chi connectivity index (χ4n) is 7.79. The fraction of sp³-hybridized carbons (Fsp3) is 0. The van der Waals surface area contributed by atoms with E-state index in [0.29, 0.717) is 0 Å². The van der Waals surface area contributed by atoms with Crippen molar-refractivity contribution in [1.82, 2.24) is 4.57 Å². The zero-order valence-corrected chi connectivity index (χ0v) is 25.2. The van der Waals surface area contributed by atoms with E-state index in [9.17, 15) is 0 Å². The van der Waals surface area contributed by atoms with Crippen molar-refractivity contribution < 1.29 is 4.57 Å². The molecule has 0 saturated heterocycles. The van der Waals surface area contributed by atoms with Gasteiger partial charge in [-0.1, -0.05) is 140 Å². The molecule has 0 amide bonds. The molecule has 1 unspecified atom stereocenters. The van der Waals surface area contributed by atoms with Crippen LogP contribution in [0.1, 0.15) is 0 Å². The lowest BCUT2D eigenvalue weighted by atomic mass is 9.97. The second-order valence-corrected chi connectivity index (χ2v) is 14.7. The first kappa shape index (κ1) is 25.0. The monoisotopic (exact) mass is 591 g/mol. The van der Waals surface area contributed by atoms with Crippen LogP contribution in [0.15, 0.2) is 158 Å². The molecule has 3 heteroatoms. The molecule has 1 aromatic heterocycles. The predicted octanol–water partition coefficient (Wildman–Crippen LogP) is 9.86. The van der Waals surface area contributed by atoms with Crippen LogP contribution in [0.2, 0.25) is 0 Å². The molecule has 0 aliphatic carbocycles. The standard InChI is InChI=1S/C42H26NOP/c44-45(30-11-2-1-3-12-30)40-17-9-7-15-35(40)37-25-24-36-34-14-6-8-16-39(34)43(41(36)42(37)45)29-21-18-28-20-22-32-31-13-5-4-10-27(31)19-23-33(32)38(28)26-29/h1-26H. The topological polar surface area (TPSA) is 22.0 Å². The molecule has 9 aromatic rings. The summed E-state index contributed by atoms with van der Waals surface area (Å²) >= 11 is 0. The van der Waals surface area contributed by atoms with E-state index in [-0.39, 0.29) is 0 Å². The summed E-state index contributed by atoms with van der Waals surface area (Å²) in [5.41, 5.74) is 5.34. The van der Waals surface area contributed by atoms with E-state index in [4.69, 9.17) is 0 Å². The first-order chi connectivity index (χ1) is 22.2. The number of benzene rings is 8. The number of fused-ring (bicyclic) bond motifs is 12. The predicted molar refractivity (Wildman–Crippen MR) is 192 cm³/mol. The van der Waals surface area contributed by atoms with Gasteiger partial charge in [0, 0.05) is 27.1 Å². The van der Waals surface area contributed by atoms with E-state index in [0.717, 1.165) is 54.5 Å². The van der Waals surface area contributed by atoms with E-state index in [1.807, 2.05) is 36.4 Å². The van der Waals surface area contributed by atoms with Crippen molar-refractivity contribution in [2.24, 2.45) is 0 Å². The molecule has 10 rings (SSSR count). The van der Waals surface area contributed by atoms with Gasteiger partial charge in [-0.15, -0.1) is 0 Å².